The van der Waals surface area contributed by atoms with Gasteiger partial charge >= 0.3 is 17.9 Å². The molecule has 0 bridgehead atoms. The lowest BCUT2D eigenvalue weighted by atomic mass is 9.45. The van der Waals surface area contributed by atoms with Crippen LogP contribution in [0.3, 0.4) is 0 Å². The Kier molecular flexibility index (Phi) is 9.30. The van der Waals surface area contributed by atoms with E-state index in [2.05, 4.69) is 27.0 Å². The van der Waals surface area contributed by atoms with Gasteiger partial charge in [0.05, 0.1) is 17.4 Å². The fraction of sp³-hybridized carbons (Fsp3) is 0.700. The van der Waals surface area contributed by atoms with E-state index < -0.39 is 36.0 Å². The highest BCUT2D eigenvalue weighted by Crippen LogP contribution is 2.68. The van der Waals surface area contributed by atoms with Gasteiger partial charge < -0.3 is 18.9 Å². The van der Waals surface area contributed by atoms with E-state index in [1.807, 2.05) is 19.9 Å². The first-order valence-corrected chi connectivity index (χ1v) is 13.6. The SMILES string of the molecule is C=CC(=C)CC[C@]1(C)[C@H](C)C[C@H](OC)[C@@]23C(=C[C@H](OC(=O)[C@H](C)CC)C[C@@H]12)[C@@H](OC(C)=O)O[C@@H]3OC(C)=O. The maximum Gasteiger partial charge on any atom is 0.309 e. The largest absolute Gasteiger partial charge is 0.458 e. The Bertz CT molecular complexity index is 985. The minimum Gasteiger partial charge on any atom is -0.458 e. The molecule has 3 rings (SSSR count). The molecule has 3 aliphatic rings. The molecule has 1 heterocycles. The van der Waals surface area contributed by atoms with Crippen molar-refractivity contribution in [1.29, 1.82) is 0 Å². The molecule has 1 saturated carbocycles. The summed E-state index contributed by atoms with van der Waals surface area (Å²) in [5.41, 5.74) is 0.319. The van der Waals surface area contributed by atoms with Gasteiger partial charge in [-0.2, -0.15) is 0 Å². The molecular formula is C30H44O8. The molecule has 2 fully saturated rings. The van der Waals surface area contributed by atoms with Gasteiger partial charge in [0, 0.05) is 26.5 Å². The van der Waals surface area contributed by atoms with Crippen LogP contribution in [0.5, 0.6) is 0 Å². The van der Waals surface area contributed by atoms with Gasteiger partial charge in [0.15, 0.2) is 0 Å². The summed E-state index contributed by atoms with van der Waals surface area (Å²) in [6, 6.07) is 0. The molecule has 0 aromatic rings. The predicted molar refractivity (Wildman–Crippen MR) is 141 cm³/mol. The van der Waals surface area contributed by atoms with Crippen LogP contribution < -0.4 is 0 Å². The zero-order valence-electron chi connectivity index (χ0n) is 23.9. The van der Waals surface area contributed by atoms with Crippen LogP contribution in [-0.4, -0.2) is 49.8 Å². The summed E-state index contributed by atoms with van der Waals surface area (Å²) >= 11 is 0. The van der Waals surface area contributed by atoms with Crippen molar-refractivity contribution in [3.8, 4) is 0 Å². The first-order chi connectivity index (χ1) is 17.8. The van der Waals surface area contributed by atoms with Crippen molar-refractivity contribution in [2.24, 2.45) is 28.6 Å². The first-order valence-electron chi connectivity index (χ1n) is 13.6. The second-order valence-electron chi connectivity index (χ2n) is 11.4. The number of allylic oxidation sites excluding steroid dienone is 2. The third-order valence-corrected chi connectivity index (χ3v) is 9.21. The summed E-state index contributed by atoms with van der Waals surface area (Å²) in [5, 5.41) is 0. The fourth-order valence-electron chi connectivity index (χ4n) is 6.70. The zero-order valence-corrected chi connectivity index (χ0v) is 23.9. The molecule has 38 heavy (non-hydrogen) atoms. The summed E-state index contributed by atoms with van der Waals surface area (Å²) in [6.45, 7) is 18.8. The topological polar surface area (TPSA) is 97.4 Å². The van der Waals surface area contributed by atoms with Crippen LogP contribution in [0.4, 0.5) is 0 Å². The third kappa shape index (κ3) is 5.34. The van der Waals surface area contributed by atoms with Gasteiger partial charge in [0.2, 0.25) is 12.6 Å². The molecule has 1 spiro atoms. The minimum absolute atomic E-state index is 0.194. The number of hydrogen-bond acceptors (Lipinski definition) is 8. The van der Waals surface area contributed by atoms with Crippen molar-refractivity contribution in [2.45, 2.75) is 98.4 Å². The molecule has 8 nitrogen and oxygen atoms in total. The highest BCUT2D eigenvalue weighted by molar-refractivity contribution is 5.72. The van der Waals surface area contributed by atoms with Crippen molar-refractivity contribution in [3.05, 3.63) is 36.5 Å². The molecule has 0 unspecified atom stereocenters. The van der Waals surface area contributed by atoms with Crippen LogP contribution in [0.1, 0.15) is 73.6 Å². The van der Waals surface area contributed by atoms with E-state index >= 15 is 0 Å². The third-order valence-electron chi connectivity index (χ3n) is 9.21. The maximum absolute atomic E-state index is 12.9. The number of esters is 3. The minimum atomic E-state index is -1.09. The number of methoxy groups -OCH3 is 1. The summed E-state index contributed by atoms with van der Waals surface area (Å²) in [4.78, 5) is 37.3. The molecule has 0 aromatic carbocycles. The van der Waals surface area contributed by atoms with Gasteiger partial charge in [-0.1, -0.05) is 52.5 Å². The van der Waals surface area contributed by atoms with E-state index in [1.54, 1.807) is 13.2 Å². The highest BCUT2D eigenvalue weighted by atomic mass is 16.8. The van der Waals surface area contributed by atoms with Crippen LogP contribution >= 0.6 is 0 Å². The molecule has 0 aromatic heterocycles. The lowest BCUT2D eigenvalue weighted by molar-refractivity contribution is -0.258. The van der Waals surface area contributed by atoms with E-state index in [1.165, 1.54) is 13.8 Å². The smallest absolute Gasteiger partial charge is 0.309 e. The summed E-state index contributed by atoms with van der Waals surface area (Å²) in [6.07, 6.45) is 3.86. The second-order valence-corrected chi connectivity index (χ2v) is 11.4. The Balaban J connectivity index is 2.22. The molecule has 1 aliphatic heterocycles. The summed E-state index contributed by atoms with van der Waals surface area (Å²) in [7, 11) is 1.64. The van der Waals surface area contributed by atoms with Crippen molar-refractivity contribution in [2.75, 3.05) is 7.11 Å². The summed E-state index contributed by atoms with van der Waals surface area (Å²) in [5.74, 6) is -1.57. The van der Waals surface area contributed by atoms with E-state index in [4.69, 9.17) is 23.7 Å². The average molecular weight is 533 g/mol. The van der Waals surface area contributed by atoms with E-state index in [0.717, 1.165) is 18.4 Å². The Labute approximate surface area is 226 Å². The molecule has 9 atom stereocenters. The Morgan fingerprint density at radius 1 is 1.18 bits per heavy atom. The molecule has 1 saturated heterocycles. The normalized spacial score (nSPS) is 36.7. The van der Waals surface area contributed by atoms with Crippen molar-refractivity contribution < 1.29 is 38.1 Å². The standard InChI is InChI=1S/C30H44O8/c1-10-17(3)12-13-29(8)19(5)14-25(34-9)30-23(27(35-20(6)31)38-28(30)36-21(7)32)15-22(16-24(29)30)37-26(33)18(4)11-2/h10,15,18-19,22,24-25,27-28H,1,3,11-14,16H2,2,4-9H3/t18-,19-,22+,24+,25+,27+,28+,29-,30-/m1/s1. The predicted octanol–water partition coefficient (Wildman–Crippen LogP) is 5.27. The fourth-order valence-corrected chi connectivity index (χ4v) is 6.70. The van der Waals surface area contributed by atoms with Crippen molar-refractivity contribution in [1.82, 2.24) is 0 Å². The van der Waals surface area contributed by atoms with Gasteiger partial charge in [-0.25, -0.2) is 0 Å². The van der Waals surface area contributed by atoms with Crippen LogP contribution in [0.25, 0.3) is 0 Å². The quantitative estimate of drug-likeness (QED) is 0.162. The zero-order chi connectivity index (χ0) is 28.4. The van der Waals surface area contributed by atoms with Gasteiger partial charge in [-0.3, -0.25) is 19.1 Å². The lowest BCUT2D eigenvalue weighted by Gasteiger charge is -2.61. The van der Waals surface area contributed by atoms with Crippen molar-refractivity contribution in [3.63, 3.8) is 0 Å². The van der Waals surface area contributed by atoms with Crippen LogP contribution in [0, 0.1) is 28.6 Å². The van der Waals surface area contributed by atoms with Crippen LogP contribution in [-0.2, 0) is 38.1 Å². The molecule has 0 amide bonds. The molecular weight excluding hydrogens is 488 g/mol. The van der Waals surface area contributed by atoms with Gasteiger partial charge in [-0.05, 0) is 55.4 Å². The number of rotatable bonds is 10. The second kappa shape index (κ2) is 11.7. The van der Waals surface area contributed by atoms with Gasteiger partial charge in [0.25, 0.3) is 0 Å². The van der Waals surface area contributed by atoms with Crippen LogP contribution in [0.2, 0.25) is 0 Å². The van der Waals surface area contributed by atoms with E-state index in [9.17, 15) is 14.4 Å². The molecule has 2 aliphatic carbocycles. The molecule has 8 heteroatoms. The Morgan fingerprint density at radius 2 is 1.84 bits per heavy atom. The van der Waals surface area contributed by atoms with Gasteiger partial charge in [-0.15, -0.1) is 0 Å². The number of ether oxygens (including phenoxy) is 5. The van der Waals surface area contributed by atoms with E-state index in [0.29, 0.717) is 24.8 Å². The summed E-state index contributed by atoms with van der Waals surface area (Å²) < 4.78 is 29.8. The van der Waals surface area contributed by atoms with Gasteiger partial charge in [0.1, 0.15) is 6.10 Å². The molecule has 212 valence electrons. The Hall–Kier alpha value is -2.45. The lowest BCUT2D eigenvalue weighted by Crippen LogP contribution is -2.63. The number of carbonyl (C=O) groups excluding carboxylic acids is 3. The van der Waals surface area contributed by atoms with E-state index in [-0.39, 0.29) is 35.2 Å². The number of hydrogen-bond donors (Lipinski definition) is 0. The monoisotopic (exact) mass is 532 g/mol. The van der Waals surface area contributed by atoms with Crippen molar-refractivity contribution >= 4 is 17.9 Å². The molecule has 0 radical (unpaired) electrons. The molecule has 0 N–H and O–H groups in total. The Morgan fingerprint density at radius 3 is 2.39 bits per heavy atom. The highest BCUT2D eigenvalue weighted by Gasteiger charge is 2.71. The number of carbonyl (C=O) groups is 3. The van der Waals surface area contributed by atoms with Crippen LogP contribution in [0.15, 0.2) is 36.5 Å². The first kappa shape index (κ1) is 30.1. The average Bonchev–Trinajstić information content (AvgIpc) is 3.15. The maximum atomic E-state index is 12.9.